The largest absolute Gasteiger partial charge is 0.325 e. The zero-order valence-corrected chi connectivity index (χ0v) is 17.2. The highest BCUT2D eigenvalue weighted by atomic mass is 32.1. The minimum absolute atomic E-state index is 0.224. The van der Waals surface area contributed by atoms with Crippen molar-refractivity contribution < 1.29 is 13.6 Å². The maximum atomic E-state index is 13.3. The predicted molar refractivity (Wildman–Crippen MR) is 114 cm³/mol. The lowest BCUT2D eigenvalue weighted by molar-refractivity contribution is -0.117. The molecule has 5 nitrogen and oxygen atoms in total. The lowest BCUT2D eigenvalue weighted by Crippen LogP contribution is -2.48. The fourth-order valence-corrected chi connectivity index (χ4v) is 4.22. The zero-order valence-electron chi connectivity index (χ0n) is 16.4. The molecular weight excluding hydrogens is 406 g/mol. The van der Waals surface area contributed by atoms with E-state index in [4.69, 9.17) is 4.98 Å². The summed E-state index contributed by atoms with van der Waals surface area (Å²) in [5.74, 6) is -2.14. The first-order valence-electron chi connectivity index (χ1n) is 9.76. The average Bonchev–Trinajstić information content (AvgIpc) is 3.21. The van der Waals surface area contributed by atoms with Crippen LogP contribution in [0.3, 0.4) is 0 Å². The molecule has 30 heavy (non-hydrogen) atoms. The van der Waals surface area contributed by atoms with Crippen LogP contribution in [-0.4, -0.2) is 53.4 Å². The van der Waals surface area contributed by atoms with E-state index in [1.165, 1.54) is 6.07 Å². The molecule has 1 fully saturated rings. The Labute approximate surface area is 178 Å². The van der Waals surface area contributed by atoms with Gasteiger partial charge in [0, 0.05) is 55.4 Å². The van der Waals surface area contributed by atoms with Gasteiger partial charge in [-0.25, -0.2) is 13.8 Å². The molecular formula is C22H22F2N4OS. The Kier molecular flexibility index (Phi) is 6.47. The number of rotatable bonds is 6. The number of benzene rings is 2. The first-order valence-corrected chi connectivity index (χ1v) is 10.6. The maximum Gasteiger partial charge on any atom is 0.238 e. The van der Waals surface area contributed by atoms with Crippen molar-refractivity contribution in [3.63, 3.8) is 0 Å². The molecule has 156 valence electrons. The quantitative estimate of drug-likeness (QED) is 0.648. The number of halogens is 2. The molecule has 0 radical (unpaired) electrons. The van der Waals surface area contributed by atoms with E-state index in [2.05, 4.69) is 32.6 Å². The molecule has 0 saturated carbocycles. The summed E-state index contributed by atoms with van der Waals surface area (Å²) in [6.45, 7) is 4.23. The molecule has 0 aliphatic carbocycles. The molecule has 0 atom stereocenters. The summed E-state index contributed by atoms with van der Waals surface area (Å²) in [6, 6.07) is 13.5. The normalized spacial score (nSPS) is 15.3. The zero-order chi connectivity index (χ0) is 20.9. The molecule has 2 aromatic carbocycles. The summed E-state index contributed by atoms with van der Waals surface area (Å²) in [5.41, 5.74) is 2.45. The van der Waals surface area contributed by atoms with Crippen molar-refractivity contribution in [1.82, 2.24) is 14.8 Å². The number of nitrogens with one attached hydrogen (secondary N) is 1. The molecule has 3 aromatic rings. The van der Waals surface area contributed by atoms with Gasteiger partial charge in [0.1, 0.15) is 5.01 Å². The number of anilines is 1. The fourth-order valence-electron chi connectivity index (χ4n) is 3.41. The topological polar surface area (TPSA) is 48.5 Å². The van der Waals surface area contributed by atoms with Crippen molar-refractivity contribution in [3.05, 3.63) is 71.2 Å². The van der Waals surface area contributed by atoms with E-state index in [9.17, 15) is 13.6 Å². The van der Waals surface area contributed by atoms with E-state index in [1.807, 2.05) is 18.2 Å². The second kappa shape index (κ2) is 9.42. The van der Waals surface area contributed by atoms with Gasteiger partial charge in [0.05, 0.1) is 12.2 Å². The van der Waals surface area contributed by atoms with Crippen LogP contribution in [0.1, 0.15) is 5.69 Å². The van der Waals surface area contributed by atoms with E-state index in [1.54, 1.807) is 11.3 Å². The van der Waals surface area contributed by atoms with Crippen molar-refractivity contribution in [2.45, 2.75) is 6.54 Å². The standard InChI is InChI=1S/C22H22F2N4OS/c23-19-7-6-17(12-20(19)24)25-21(29)14-28-10-8-27(9-11-28)13-18-15-30-22(26-18)16-4-2-1-3-5-16/h1-7,12,15H,8-11,13-14H2,(H,25,29). The Balaban J connectivity index is 1.23. The highest BCUT2D eigenvalue weighted by molar-refractivity contribution is 7.13. The Bertz CT molecular complexity index is 1000. The number of aromatic nitrogens is 1. The number of amides is 1. The number of thiazole rings is 1. The highest BCUT2D eigenvalue weighted by Gasteiger charge is 2.20. The summed E-state index contributed by atoms with van der Waals surface area (Å²) >= 11 is 1.65. The highest BCUT2D eigenvalue weighted by Crippen LogP contribution is 2.24. The third-order valence-corrected chi connectivity index (χ3v) is 5.93. The molecule has 0 unspecified atom stereocenters. The van der Waals surface area contributed by atoms with Crippen LogP contribution in [0.4, 0.5) is 14.5 Å². The summed E-state index contributed by atoms with van der Waals surface area (Å²) in [7, 11) is 0. The van der Waals surface area contributed by atoms with Gasteiger partial charge >= 0.3 is 0 Å². The number of piperazine rings is 1. The smallest absolute Gasteiger partial charge is 0.238 e. The first kappa shape index (κ1) is 20.6. The molecule has 1 amide bonds. The Morgan fingerprint density at radius 2 is 1.73 bits per heavy atom. The lowest BCUT2D eigenvalue weighted by Gasteiger charge is -2.33. The molecule has 1 saturated heterocycles. The van der Waals surface area contributed by atoms with Gasteiger partial charge in [-0.1, -0.05) is 30.3 Å². The van der Waals surface area contributed by atoms with Crippen molar-refractivity contribution in [2.24, 2.45) is 0 Å². The van der Waals surface area contributed by atoms with Gasteiger partial charge in [0.15, 0.2) is 11.6 Å². The van der Waals surface area contributed by atoms with Crippen LogP contribution in [0.15, 0.2) is 53.9 Å². The van der Waals surface area contributed by atoms with Crippen molar-refractivity contribution in [2.75, 3.05) is 38.0 Å². The van der Waals surface area contributed by atoms with Crippen LogP contribution in [-0.2, 0) is 11.3 Å². The minimum atomic E-state index is -0.973. The second-order valence-electron chi connectivity index (χ2n) is 7.24. The summed E-state index contributed by atoms with van der Waals surface area (Å²) in [5, 5.41) is 5.74. The van der Waals surface area contributed by atoms with Gasteiger partial charge in [-0.05, 0) is 12.1 Å². The monoisotopic (exact) mass is 428 g/mol. The Morgan fingerprint density at radius 1 is 1.00 bits per heavy atom. The van der Waals surface area contributed by atoms with Gasteiger partial charge in [0.25, 0.3) is 0 Å². The summed E-state index contributed by atoms with van der Waals surface area (Å²) in [6.07, 6.45) is 0. The number of nitrogens with zero attached hydrogens (tertiary/aromatic N) is 3. The maximum absolute atomic E-state index is 13.3. The second-order valence-corrected chi connectivity index (χ2v) is 8.10. The summed E-state index contributed by atoms with van der Waals surface area (Å²) < 4.78 is 26.2. The third-order valence-electron chi connectivity index (χ3n) is 4.99. The van der Waals surface area contributed by atoms with Crippen molar-refractivity contribution in [3.8, 4) is 10.6 Å². The van der Waals surface area contributed by atoms with E-state index in [0.29, 0.717) is 0 Å². The number of hydrogen-bond donors (Lipinski definition) is 1. The van der Waals surface area contributed by atoms with E-state index in [-0.39, 0.29) is 18.1 Å². The number of carbonyl (C=O) groups is 1. The van der Waals surface area contributed by atoms with Crippen LogP contribution in [0.25, 0.3) is 10.6 Å². The van der Waals surface area contributed by atoms with Crippen LogP contribution >= 0.6 is 11.3 Å². The van der Waals surface area contributed by atoms with Gasteiger partial charge in [0.2, 0.25) is 5.91 Å². The fraction of sp³-hybridized carbons (Fsp3) is 0.273. The molecule has 2 heterocycles. The number of hydrogen-bond acceptors (Lipinski definition) is 5. The third kappa shape index (κ3) is 5.27. The predicted octanol–water partition coefficient (Wildman–Crippen LogP) is 3.84. The van der Waals surface area contributed by atoms with Crippen LogP contribution in [0, 0.1) is 11.6 Å². The first-order chi connectivity index (χ1) is 14.6. The molecule has 0 bridgehead atoms. The van der Waals surface area contributed by atoms with Crippen LogP contribution in [0.2, 0.25) is 0 Å². The Hall–Kier alpha value is -2.68. The molecule has 8 heteroatoms. The van der Waals surface area contributed by atoms with Gasteiger partial charge in [-0.3, -0.25) is 14.6 Å². The molecule has 1 aliphatic heterocycles. The molecule has 1 aliphatic rings. The molecule has 1 N–H and O–H groups in total. The van der Waals surface area contributed by atoms with Crippen molar-refractivity contribution >= 4 is 22.9 Å². The van der Waals surface area contributed by atoms with Gasteiger partial charge in [-0.15, -0.1) is 11.3 Å². The van der Waals surface area contributed by atoms with E-state index in [0.717, 1.165) is 61.1 Å². The SMILES string of the molecule is O=C(CN1CCN(Cc2csc(-c3ccccc3)n2)CC1)Nc1ccc(F)c(F)c1. The van der Waals surface area contributed by atoms with Gasteiger partial charge in [-0.2, -0.15) is 0 Å². The molecule has 0 spiro atoms. The minimum Gasteiger partial charge on any atom is -0.325 e. The van der Waals surface area contributed by atoms with E-state index < -0.39 is 11.6 Å². The van der Waals surface area contributed by atoms with Crippen molar-refractivity contribution in [1.29, 1.82) is 0 Å². The van der Waals surface area contributed by atoms with Crippen LogP contribution < -0.4 is 5.32 Å². The summed E-state index contributed by atoms with van der Waals surface area (Å²) in [4.78, 5) is 21.3. The molecule has 4 rings (SSSR count). The Morgan fingerprint density at radius 3 is 2.47 bits per heavy atom. The number of carbonyl (C=O) groups excluding carboxylic acids is 1. The van der Waals surface area contributed by atoms with Gasteiger partial charge < -0.3 is 5.32 Å². The lowest BCUT2D eigenvalue weighted by atomic mass is 10.2. The molecule has 1 aromatic heterocycles. The van der Waals surface area contributed by atoms with E-state index >= 15 is 0 Å². The average molecular weight is 429 g/mol. The van der Waals surface area contributed by atoms with Crippen LogP contribution in [0.5, 0.6) is 0 Å².